The first kappa shape index (κ1) is 18.2. The second kappa shape index (κ2) is 5.27. The molecule has 0 rings (SSSR count). The summed E-state index contributed by atoms with van der Waals surface area (Å²) in [6.45, 7) is 20.3. The van der Waals surface area contributed by atoms with Crippen LogP contribution in [0.1, 0.15) is 62.3 Å². The van der Waals surface area contributed by atoms with E-state index < -0.39 is 15.4 Å². The summed E-state index contributed by atoms with van der Waals surface area (Å²) in [5.74, 6) is 0. The molecule has 5 heteroatoms. The summed E-state index contributed by atoms with van der Waals surface area (Å²) in [5.41, 5.74) is 0. The van der Waals surface area contributed by atoms with Crippen LogP contribution >= 0.6 is 0 Å². The topological polar surface area (TPSA) is 49.7 Å². The van der Waals surface area contributed by atoms with E-state index in [2.05, 4.69) is 62.3 Å². The summed E-state index contributed by atoms with van der Waals surface area (Å²) in [7, 11) is -3.68. The Balaban J connectivity index is 5.76. The third kappa shape index (κ3) is 3.38. The highest BCUT2D eigenvalue weighted by Gasteiger charge is 2.59. The maximum atomic E-state index is 9.07. The SMILES string of the molecule is CC(C)(C)[Si](COB(O)O)(C(C)(C)C)C(C)(C)C. The maximum absolute atomic E-state index is 9.07. The summed E-state index contributed by atoms with van der Waals surface area (Å²) >= 11 is 0. The summed E-state index contributed by atoms with van der Waals surface area (Å²) in [5, 5.41) is 18.5. The molecule has 2 N–H and O–H groups in total. The monoisotopic (exact) mass is 274 g/mol. The van der Waals surface area contributed by atoms with Gasteiger partial charge in [0.05, 0.1) is 8.07 Å². The first-order valence-corrected chi connectivity index (χ1v) is 8.85. The minimum absolute atomic E-state index is 0.110. The molecule has 0 aromatic carbocycles. The fraction of sp³-hybridized carbons (Fsp3) is 1.00. The molecule has 0 amide bonds. The molecule has 0 atom stereocenters. The van der Waals surface area contributed by atoms with Crippen molar-refractivity contribution in [1.29, 1.82) is 0 Å². The molecule has 0 unspecified atom stereocenters. The molecule has 0 saturated heterocycles. The van der Waals surface area contributed by atoms with Crippen LogP contribution in [0.5, 0.6) is 0 Å². The van der Waals surface area contributed by atoms with Gasteiger partial charge in [0, 0.05) is 6.23 Å². The maximum Gasteiger partial charge on any atom is 0.633 e. The van der Waals surface area contributed by atoms with E-state index in [0.717, 1.165) is 0 Å². The molecule has 0 saturated carbocycles. The van der Waals surface area contributed by atoms with Gasteiger partial charge in [-0.15, -0.1) is 0 Å². The molecule has 3 nitrogen and oxygen atoms in total. The van der Waals surface area contributed by atoms with Crippen LogP contribution in [0.15, 0.2) is 0 Å². The molecule has 0 aromatic heterocycles. The van der Waals surface area contributed by atoms with Crippen molar-refractivity contribution in [2.45, 2.75) is 77.4 Å². The highest BCUT2D eigenvalue weighted by atomic mass is 28.3. The Morgan fingerprint density at radius 3 is 1.22 bits per heavy atom. The van der Waals surface area contributed by atoms with Crippen LogP contribution in [0.2, 0.25) is 15.1 Å². The van der Waals surface area contributed by atoms with E-state index in [4.69, 9.17) is 14.7 Å². The Labute approximate surface area is 114 Å². The van der Waals surface area contributed by atoms with Crippen LogP contribution in [-0.2, 0) is 4.65 Å². The number of hydrogen-bond donors (Lipinski definition) is 2. The number of rotatable bonds is 3. The van der Waals surface area contributed by atoms with Crippen LogP contribution in [-0.4, -0.2) is 31.7 Å². The Hall–Kier alpha value is 0.162. The second-order valence-corrected chi connectivity index (χ2v) is 14.9. The van der Waals surface area contributed by atoms with Crippen LogP contribution in [0.4, 0.5) is 0 Å². The van der Waals surface area contributed by atoms with Crippen molar-refractivity contribution >= 4 is 15.4 Å². The van der Waals surface area contributed by atoms with Crippen molar-refractivity contribution in [3.63, 3.8) is 0 Å². The molecule has 0 radical (unpaired) electrons. The average Bonchev–Trinajstić information content (AvgIpc) is 1.94. The lowest BCUT2D eigenvalue weighted by atomic mass is 10.2. The molecule has 108 valence electrons. The van der Waals surface area contributed by atoms with E-state index in [9.17, 15) is 0 Å². The first-order chi connectivity index (χ1) is 7.67. The average molecular weight is 274 g/mol. The Bertz CT molecular complexity index is 235. The molecule has 0 aliphatic heterocycles. The Morgan fingerprint density at radius 1 is 0.778 bits per heavy atom. The molecule has 0 heterocycles. The molecule has 0 aliphatic carbocycles. The normalized spacial score (nSPS) is 14.8. The molecule has 0 fully saturated rings. The Kier molecular flexibility index (Phi) is 5.32. The van der Waals surface area contributed by atoms with Crippen molar-refractivity contribution in [2.75, 3.05) is 6.23 Å². The lowest BCUT2D eigenvalue weighted by Gasteiger charge is -2.59. The van der Waals surface area contributed by atoms with E-state index in [0.29, 0.717) is 6.23 Å². The lowest BCUT2D eigenvalue weighted by Crippen LogP contribution is -2.62. The molecule has 0 bridgehead atoms. The van der Waals surface area contributed by atoms with Crippen molar-refractivity contribution < 1.29 is 14.7 Å². The summed E-state index contributed by atoms with van der Waals surface area (Å²) in [6.07, 6.45) is 0.459. The van der Waals surface area contributed by atoms with Gasteiger partial charge in [0.25, 0.3) is 0 Å². The van der Waals surface area contributed by atoms with Crippen molar-refractivity contribution in [2.24, 2.45) is 0 Å². The third-order valence-corrected chi connectivity index (χ3v) is 12.6. The minimum Gasteiger partial charge on any atom is -0.402 e. The smallest absolute Gasteiger partial charge is 0.402 e. The third-order valence-electron chi connectivity index (χ3n) is 4.29. The van der Waals surface area contributed by atoms with Gasteiger partial charge in [-0.2, -0.15) is 0 Å². The minimum atomic E-state index is -2.01. The largest absolute Gasteiger partial charge is 0.633 e. The van der Waals surface area contributed by atoms with Crippen molar-refractivity contribution in [3.05, 3.63) is 0 Å². The van der Waals surface area contributed by atoms with E-state index in [1.807, 2.05) is 0 Å². The van der Waals surface area contributed by atoms with E-state index in [1.165, 1.54) is 0 Å². The van der Waals surface area contributed by atoms with Crippen molar-refractivity contribution in [3.8, 4) is 0 Å². The zero-order valence-electron chi connectivity index (χ0n) is 13.6. The standard InChI is InChI=1S/C13H31BO3Si/c1-11(2,3)18(12(4,5)6,13(7,8)9)10-17-14(15)16/h15-16H,10H2,1-9H3. The van der Waals surface area contributed by atoms with Gasteiger partial charge in [-0.05, 0) is 15.1 Å². The first-order valence-electron chi connectivity index (χ1n) is 6.64. The zero-order valence-corrected chi connectivity index (χ0v) is 14.6. The molecular formula is C13H31BO3Si. The van der Waals surface area contributed by atoms with Gasteiger partial charge in [-0.1, -0.05) is 62.3 Å². The van der Waals surface area contributed by atoms with E-state index in [-0.39, 0.29) is 15.1 Å². The molecule has 0 aliphatic rings. The van der Waals surface area contributed by atoms with Crippen LogP contribution in [0.3, 0.4) is 0 Å². The van der Waals surface area contributed by atoms with E-state index in [1.54, 1.807) is 0 Å². The van der Waals surface area contributed by atoms with E-state index >= 15 is 0 Å². The highest BCUT2D eigenvalue weighted by molar-refractivity contribution is 6.87. The van der Waals surface area contributed by atoms with Crippen LogP contribution in [0.25, 0.3) is 0 Å². The lowest BCUT2D eigenvalue weighted by molar-refractivity contribution is 0.205. The molecule has 0 aromatic rings. The zero-order chi connectivity index (χ0) is 15.0. The predicted molar refractivity (Wildman–Crippen MR) is 81.0 cm³/mol. The fourth-order valence-electron chi connectivity index (χ4n) is 4.22. The quantitative estimate of drug-likeness (QED) is 0.776. The van der Waals surface area contributed by atoms with Gasteiger partial charge in [0.1, 0.15) is 0 Å². The molecular weight excluding hydrogens is 243 g/mol. The van der Waals surface area contributed by atoms with Crippen LogP contribution in [0, 0.1) is 0 Å². The number of hydrogen-bond acceptors (Lipinski definition) is 3. The predicted octanol–water partition coefficient (Wildman–Crippen LogP) is 3.36. The van der Waals surface area contributed by atoms with Gasteiger partial charge < -0.3 is 14.7 Å². The highest BCUT2D eigenvalue weighted by Crippen LogP contribution is 2.61. The fourth-order valence-corrected chi connectivity index (χ4v) is 12.7. The summed E-state index contributed by atoms with van der Waals surface area (Å²) in [4.78, 5) is 0. The van der Waals surface area contributed by atoms with Gasteiger partial charge in [-0.3, -0.25) is 0 Å². The van der Waals surface area contributed by atoms with Gasteiger partial charge >= 0.3 is 7.32 Å². The van der Waals surface area contributed by atoms with Crippen molar-refractivity contribution in [1.82, 2.24) is 0 Å². The second-order valence-electron chi connectivity index (χ2n) is 8.29. The molecule has 18 heavy (non-hydrogen) atoms. The van der Waals surface area contributed by atoms with Gasteiger partial charge in [-0.25, -0.2) is 0 Å². The Morgan fingerprint density at radius 2 is 1.06 bits per heavy atom. The summed E-state index contributed by atoms with van der Waals surface area (Å²) in [6, 6.07) is 0. The molecule has 0 spiro atoms. The van der Waals surface area contributed by atoms with Gasteiger partial charge in [0.2, 0.25) is 0 Å². The van der Waals surface area contributed by atoms with Gasteiger partial charge in [0.15, 0.2) is 0 Å². The summed E-state index contributed by atoms with van der Waals surface area (Å²) < 4.78 is 5.26. The van der Waals surface area contributed by atoms with Crippen LogP contribution < -0.4 is 0 Å².